The van der Waals surface area contributed by atoms with Crippen LogP contribution in [0, 0.1) is 6.92 Å². The number of carbonyl (C=O) groups is 1. The van der Waals surface area contributed by atoms with Crippen LogP contribution < -0.4 is 5.32 Å². The van der Waals surface area contributed by atoms with E-state index in [9.17, 15) is 4.79 Å². The van der Waals surface area contributed by atoms with Gasteiger partial charge in [0.1, 0.15) is 0 Å². The number of piperazine rings is 1. The highest BCUT2D eigenvalue weighted by Crippen LogP contribution is 2.23. The summed E-state index contributed by atoms with van der Waals surface area (Å²) in [5, 5.41) is 3.59. The van der Waals surface area contributed by atoms with Gasteiger partial charge in [-0.15, -0.1) is 0 Å². The van der Waals surface area contributed by atoms with Crippen molar-refractivity contribution in [3.05, 3.63) is 28.8 Å². The van der Waals surface area contributed by atoms with Crippen LogP contribution in [0.4, 0.5) is 10.5 Å². The molecule has 1 N–H and O–H groups in total. The molecule has 1 aliphatic heterocycles. The molecule has 0 aliphatic carbocycles. The number of hydrogen-bond donors (Lipinski definition) is 1. The Hall–Kier alpha value is -1.26. The molecule has 1 aromatic rings. The average Bonchev–Trinajstić information content (AvgIpc) is 2.36. The molecule has 0 radical (unpaired) electrons. The van der Waals surface area contributed by atoms with Crippen LogP contribution in [0.5, 0.6) is 0 Å². The molecule has 1 saturated heterocycles. The number of urea groups is 1. The maximum Gasteiger partial charge on any atom is 0.321 e. The topological polar surface area (TPSA) is 35.6 Å². The first-order chi connectivity index (χ1) is 8.58. The average molecular weight is 268 g/mol. The monoisotopic (exact) mass is 267 g/mol. The van der Waals surface area contributed by atoms with Crippen molar-refractivity contribution in [1.29, 1.82) is 0 Å². The molecule has 1 aromatic carbocycles. The lowest BCUT2D eigenvalue weighted by Crippen LogP contribution is -2.48. The van der Waals surface area contributed by atoms with Crippen LogP contribution in [0.1, 0.15) is 5.56 Å². The van der Waals surface area contributed by atoms with Gasteiger partial charge in [-0.05, 0) is 31.7 Å². The van der Waals surface area contributed by atoms with E-state index in [1.807, 2.05) is 30.0 Å². The highest BCUT2D eigenvalue weighted by atomic mass is 35.5. The van der Waals surface area contributed by atoms with E-state index in [2.05, 4.69) is 17.3 Å². The summed E-state index contributed by atoms with van der Waals surface area (Å²) in [6.45, 7) is 5.27. The first-order valence-corrected chi connectivity index (χ1v) is 6.45. The zero-order chi connectivity index (χ0) is 13.1. The van der Waals surface area contributed by atoms with E-state index in [0.717, 1.165) is 37.4 Å². The van der Waals surface area contributed by atoms with Crippen molar-refractivity contribution in [2.75, 3.05) is 38.5 Å². The molecule has 0 aromatic heterocycles. The Morgan fingerprint density at radius 2 is 1.94 bits per heavy atom. The van der Waals surface area contributed by atoms with E-state index in [1.54, 1.807) is 0 Å². The van der Waals surface area contributed by atoms with Gasteiger partial charge >= 0.3 is 6.03 Å². The fourth-order valence-corrected chi connectivity index (χ4v) is 2.12. The van der Waals surface area contributed by atoms with Crippen LogP contribution in [0.3, 0.4) is 0 Å². The summed E-state index contributed by atoms with van der Waals surface area (Å²) in [5.41, 5.74) is 1.69. The number of amides is 2. The van der Waals surface area contributed by atoms with E-state index < -0.39 is 0 Å². The molecule has 1 fully saturated rings. The Morgan fingerprint density at radius 3 is 2.61 bits per heavy atom. The Kier molecular flexibility index (Phi) is 4.09. The minimum atomic E-state index is -0.0477. The van der Waals surface area contributed by atoms with Crippen LogP contribution in [0.15, 0.2) is 18.2 Å². The Morgan fingerprint density at radius 1 is 1.28 bits per heavy atom. The van der Waals surface area contributed by atoms with Crippen LogP contribution >= 0.6 is 11.6 Å². The lowest BCUT2D eigenvalue weighted by atomic mass is 10.2. The van der Waals surface area contributed by atoms with Crippen molar-refractivity contribution in [2.45, 2.75) is 6.92 Å². The van der Waals surface area contributed by atoms with Crippen LogP contribution in [0.2, 0.25) is 5.02 Å². The number of likely N-dealkylation sites (N-methyl/N-ethyl adjacent to an activating group) is 1. The number of carbonyl (C=O) groups excluding carboxylic acids is 1. The second kappa shape index (κ2) is 5.59. The summed E-state index contributed by atoms with van der Waals surface area (Å²) in [5.74, 6) is 0. The van der Waals surface area contributed by atoms with E-state index in [4.69, 9.17) is 11.6 Å². The lowest BCUT2D eigenvalue weighted by molar-refractivity contribution is 0.164. The van der Waals surface area contributed by atoms with Crippen molar-refractivity contribution in [3.63, 3.8) is 0 Å². The molecule has 0 atom stereocenters. The van der Waals surface area contributed by atoms with Crippen molar-refractivity contribution < 1.29 is 4.79 Å². The van der Waals surface area contributed by atoms with E-state index >= 15 is 0 Å². The highest BCUT2D eigenvalue weighted by Gasteiger charge is 2.19. The predicted octanol–water partition coefficient (Wildman–Crippen LogP) is 2.43. The lowest BCUT2D eigenvalue weighted by Gasteiger charge is -2.32. The van der Waals surface area contributed by atoms with Gasteiger partial charge in [-0.1, -0.05) is 17.7 Å². The number of anilines is 1. The normalized spacial score (nSPS) is 16.7. The van der Waals surface area contributed by atoms with Gasteiger partial charge in [0.2, 0.25) is 0 Å². The quantitative estimate of drug-likeness (QED) is 0.848. The molecule has 0 bridgehead atoms. The third-order valence-electron chi connectivity index (χ3n) is 3.30. The SMILES string of the molecule is Cc1c(Cl)cccc1NC(=O)N1CCN(C)CC1. The second-order valence-electron chi connectivity index (χ2n) is 4.63. The van der Waals surface area contributed by atoms with Crippen LogP contribution in [0.25, 0.3) is 0 Å². The number of benzene rings is 1. The fourth-order valence-electron chi connectivity index (χ4n) is 1.95. The number of nitrogens with one attached hydrogen (secondary N) is 1. The Bertz CT molecular complexity index is 442. The van der Waals surface area contributed by atoms with Crippen molar-refractivity contribution in [1.82, 2.24) is 9.80 Å². The van der Waals surface area contributed by atoms with Gasteiger partial charge in [-0.3, -0.25) is 0 Å². The van der Waals surface area contributed by atoms with Gasteiger partial charge in [0.15, 0.2) is 0 Å². The summed E-state index contributed by atoms with van der Waals surface area (Å²) in [4.78, 5) is 16.1. The smallest absolute Gasteiger partial charge is 0.321 e. The first-order valence-electron chi connectivity index (χ1n) is 6.07. The van der Waals surface area contributed by atoms with Gasteiger partial charge < -0.3 is 15.1 Å². The molecule has 18 heavy (non-hydrogen) atoms. The summed E-state index contributed by atoms with van der Waals surface area (Å²) < 4.78 is 0. The molecule has 4 nitrogen and oxygen atoms in total. The molecule has 1 aliphatic rings. The highest BCUT2D eigenvalue weighted by molar-refractivity contribution is 6.31. The summed E-state index contributed by atoms with van der Waals surface area (Å²) >= 11 is 6.03. The summed E-state index contributed by atoms with van der Waals surface area (Å²) in [6, 6.07) is 5.49. The van der Waals surface area contributed by atoms with E-state index in [-0.39, 0.29) is 6.03 Å². The third-order valence-corrected chi connectivity index (χ3v) is 3.71. The maximum absolute atomic E-state index is 12.1. The number of nitrogens with zero attached hydrogens (tertiary/aromatic N) is 2. The van der Waals surface area contributed by atoms with Gasteiger partial charge in [0.05, 0.1) is 0 Å². The minimum absolute atomic E-state index is 0.0477. The predicted molar refractivity (Wildman–Crippen MR) is 74.3 cm³/mol. The fraction of sp³-hybridized carbons (Fsp3) is 0.462. The molecular formula is C13H18ClN3O. The maximum atomic E-state index is 12.1. The van der Waals surface area contributed by atoms with Gasteiger partial charge in [0, 0.05) is 36.9 Å². The van der Waals surface area contributed by atoms with Crippen LogP contribution in [-0.2, 0) is 0 Å². The standard InChI is InChI=1S/C13H18ClN3O/c1-10-11(14)4-3-5-12(10)15-13(18)17-8-6-16(2)7-9-17/h3-5H,6-9H2,1-2H3,(H,15,18). The molecule has 0 spiro atoms. The molecule has 5 heteroatoms. The van der Waals surface area contributed by atoms with Crippen molar-refractivity contribution >= 4 is 23.3 Å². The van der Waals surface area contributed by atoms with Crippen LogP contribution in [-0.4, -0.2) is 49.1 Å². The molecule has 98 valence electrons. The largest absolute Gasteiger partial charge is 0.322 e. The molecule has 0 saturated carbocycles. The first kappa shape index (κ1) is 13.2. The Labute approximate surface area is 113 Å². The minimum Gasteiger partial charge on any atom is -0.322 e. The van der Waals surface area contributed by atoms with Crippen molar-refractivity contribution in [2.24, 2.45) is 0 Å². The molecular weight excluding hydrogens is 250 g/mol. The second-order valence-corrected chi connectivity index (χ2v) is 5.04. The van der Waals surface area contributed by atoms with Gasteiger partial charge in [0.25, 0.3) is 0 Å². The third kappa shape index (κ3) is 2.94. The van der Waals surface area contributed by atoms with Gasteiger partial charge in [-0.2, -0.15) is 0 Å². The van der Waals surface area contributed by atoms with Gasteiger partial charge in [-0.25, -0.2) is 4.79 Å². The number of rotatable bonds is 1. The van der Waals surface area contributed by atoms with Crippen molar-refractivity contribution in [3.8, 4) is 0 Å². The molecule has 2 amide bonds. The molecule has 2 rings (SSSR count). The number of hydrogen-bond acceptors (Lipinski definition) is 2. The zero-order valence-corrected chi connectivity index (χ0v) is 11.5. The zero-order valence-electron chi connectivity index (χ0n) is 10.7. The molecule has 1 heterocycles. The summed E-state index contributed by atoms with van der Waals surface area (Å²) in [7, 11) is 2.07. The molecule has 0 unspecified atom stereocenters. The van der Waals surface area contributed by atoms with E-state index in [0.29, 0.717) is 5.02 Å². The number of halogens is 1. The summed E-state index contributed by atoms with van der Waals surface area (Å²) in [6.07, 6.45) is 0. The Balaban J connectivity index is 2.01. The van der Waals surface area contributed by atoms with E-state index in [1.165, 1.54) is 0 Å².